The van der Waals surface area contributed by atoms with E-state index in [4.69, 9.17) is 4.74 Å². The summed E-state index contributed by atoms with van der Waals surface area (Å²) in [6, 6.07) is 5.98. The van der Waals surface area contributed by atoms with Crippen molar-refractivity contribution >= 4 is 27.7 Å². The van der Waals surface area contributed by atoms with Crippen LogP contribution in [0.1, 0.15) is 5.56 Å². The highest BCUT2D eigenvalue weighted by Crippen LogP contribution is 2.28. The molecule has 0 atom stereocenters. The van der Waals surface area contributed by atoms with E-state index in [1.54, 1.807) is 37.5 Å². The Balaban J connectivity index is 2.11. The Labute approximate surface area is 113 Å². The van der Waals surface area contributed by atoms with Gasteiger partial charge in [0.2, 0.25) is 0 Å². The van der Waals surface area contributed by atoms with E-state index < -0.39 is 0 Å². The van der Waals surface area contributed by atoms with Gasteiger partial charge in [-0.3, -0.25) is 4.98 Å². The Hall–Kier alpha value is -1.07. The van der Waals surface area contributed by atoms with Gasteiger partial charge in [-0.05, 0) is 18.2 Å². The summed E-state index contributed by atoms with van der Waals surface area (Å²) in [5.74, 6) is 1.70. The van der Waals surface area contributed by atoms with E-state index in [1.807, 2.05) is 12.1 Å². The van der Waals surface area contributed by atoms with Crippen molar-refractivity contribution in [1.82, 2.24) is 9.97 Å². The van der Waals surface area contributed by atoms with E-state index in [9.17, 15) is 0 Å². The Kier molecular flexibility index (Phi) is 4.39. The molecule has 2 rings (SSSR count). The lowest BCUT2D eigenvalue weighted by Crippen LogP contribution is -1.91. The molecule has 0 unspecified atom stereocenters. The van der Waals surface area contributed by atoms with Crippen LogP contribution in [0.15, 0.2) is 46.3 Å². The van der Waals surface area contributed by atoms with Crippen molar-refractivity contribution < 1.29 is 4.74 Å². The predicted octanol–water partition coefficient (Wildman–Crippen LogP) is 3.54. The SMILES string of the molecule is COc1ccc(Br)cc1CSc1cnccn1. The van der Waals surface area contributed by atoms with Crippen LogP contribution < -0.4 is 4.74 Å². The second-order valence-electron chi connectivity index (χ2n) is 3.29. The first kappa shape index (κ1) is 12.4. The van der Waals surface area contributed by atoms with Crippen LogP contribution in [0.5, 0.6) is 5.75 Å². The Morgan fingerprint density at radius 2 is 2.24 bits per heavy atom. The summed E-state index contributed by atoms with van der Waals surface area (Å²) in [6.45, 7) is 0. The number of ether oxygens (including phenoxy) is 1. The summed E-state index contributed by atoms with van der Waals surface area (Å²) < 4.78 is 6.37. The number of hydrogen-bond donors (Lipinski definition) is 0. The van der Waals surface area contributed by atoms with E-state index in [0.29, 0.717) is 0 Å². The first-order valence-electron chi connectivity index (χ1n) is 5.01. The number of hydrogen-bond acceptors (Lipinski definition) is 4. The lowest BCUT2D eigenvalue weighted by atomic mass is 10.2. The minimum Gasteiger partial charge on any atom is -0.496 e. The summed E-state index contributed by atoms with van der Waals surface area (Å²) in [4.78, 5) is 8.25. The third kappa shape index (κ3) is 3.44. The zero-order valence-electron chi connectivity index (χ0n) is 9.26. The van der Waals surface area contributed by atoms with Gasteiger partial charge in [0.1, 0.15) is 10.8 Å². The third-order valence-corrected chi connectivity index (χ3v) is 3.61. The van der Waals surface area contributed by atoms with Crippen molar-refractivity contribution in [3.05, 3.63) is 46.8 Å². The van der Waals surface area contributed by atoms with Crippen LogP contribution in [-0.4, -0.2) is 17.1 Å². The first-order chi connectivity index (χ1) is 8.29. The highest BCUT2D eigenvalue weighted by Gasteiger charge is 2.05. The number of thioether (sulfide) groups is 1. The topological polar surface area (TPSA) is 35.0 Å². The fourth-order valence-corrected chi connectivity index (χ4v) is 2.58. The van der Waals surface area contributed by atoms with Crippen LogP contribution in [0, 0.1) is 0 Å². The zero-order valence-corrected chi connectivity index (χ0v) is 11.7. The second kappa shape index (κ2) is 6.02. The van der Waals surface area contributed by atoms with Crippen LogP contribution in [0.2, 0.25) is 0 Å². The fraction of sp³-hybridized carbons (Fsp3) is 0.167. The molecule has 2 aromatic rings. The molecule has 88 valence electrons. The summed E-state index contributed by atoms with van der Waals surface area (Å²) in [5.41, 5.74) is 1.14. The number of methoxy groups -OCH3 is 1. The van der Waals surface area contributed by atoms with E-state index in [2.05, 4.69) is 32.0 Å². The van der Waals surface area contributed by atoms with Gasteiger partial charge in [0, 0.05) is 28.2 Å². The van der Waals surface area contributed by atoms with Gasteiger partial charge in [0.25, 0.3) is 0 Å². The van der Waals surface area contributed by atoms with Crippen LogP contribution in [0.4, 0.5) is 0 Å². The number of rotatable bonds is 4. The average Bonchev–Trinajstić information content (AvgIpc) is 2.38. The minimum absolute atomic E-state index is 0.807. The number of benzene rings is 1. The van der Waals surface area contributed by atoms with Crippen LogP contribution >= 0.6 is 27.7 Å². The highest BCUT2D eigenvalue weighted by molar-refractivity contribution is 9.10. The summed E-state index contributed by atoms with van der Waals surface area (Å²) in [5, 5.41) is 0.912. The molecule has 1 heterocycles. The van der Waals surface area contributed by atoms with Gasteiger partial charge in [-0.2, -0.15) is 0 Å². The molecule has 0 aliphatic carbocycles. The molecule has 0 saturated carbocycles. The maximum atomic E-state index is 5.32. The van der Waals surface area contributed by atoms with Crippen molar-refractivity contribution in [1.29, 1.82) is 0 Å². The van der Waals surface area contributed by atoms with Crippen molar-refractivity contribution in [2.45, 2.75) is 10.8 Å². The van der Waals surface area contributed by atoms with Gasteiger partial charge >= 0.3 is 0 Å². The molecule has 0 saturated heterocycles. The molecule has 0 aliphatic rings. The number of nitrogens with zero attached hydrogens (tertiary/aromatic N) is 2. The third-order valence-electron chi connectivity index (χ3n) is 2.16. The maximum absolute atomic E-state index is 5.32. The molecule has 0 N–H and O–H groups in total. The maximum Gasteiger partial charge on any atom is 0.122 e. The summed E-state index contributed by atoms with van der Waals surface area (Å²) in [7, 11) is 1.68. The van der Waals surface area contributed by atoms with Crippen molar-refractivity contribution in [3.63, 3.8) is 0 Å². The molecule has 1 aromatic heterocycles. The monoisotopic (exact) mass is 310 g/mol. The number of aromatic nitrogens is 2. The quantitative estimate of drug-likeness (QED) is 0.809. The van der Waals surface area contributed by atoms with Crippen LogP contribution in [-0.2, 0) is 5.75 Å². The number of halogens is 1. The predicted molar refractivity (Wildman–Crippen MR) is 72.3 cm³/mol. The van der Waals surface area contributed by atoms with E-state index in [-0.39, 0.29) is 0 Å². The Morgan fingerprint density at radius 3 is 2.94 bits per heavy atom. The van der Waals surface area contributed by atoms with Crippen molar-refractivity contribution in [2.75, 3.05) is 7.11 Å². The van der Waals surface area contributed by atoms with Crippen LogP contribution in [0.25, 0.3) is 0 Å². The molecule has 0 spiro atoms. The van der Waals surface area contributed by atoms with Gasteiger partial charge < -0.3 is 4.74 Å². The van der Waals surface area contributed by atoms with Crippen molar-refractivity contribution in [3.8, 4) is 5.75 Å². The van der Waals surface area contributed by atoms with Crippen molar-refractivity contribution in [2.24, 2.45) is 0 Å². The molecular weight excluding hydrogens is 300 g/mol. The molecule has 0 radical (unpaired) electrons. The van der Waals surface area contributed by atoms with Gasteiger partial charge in [0.15, 0.2) is 0 Å². The first-order valence-corrected chi connectivity index (χ1v) is 6.78. The molecule has 0 amide bonds. The molecule has 1 aromatic carbocycles. The van der Waals surface area contributed by atoms with Crippen LogP contribution in [0.3, 0.4) is 0 Å². The lowest BCUT2D eigenvalue weighted by Gasteiger charge is -2.08. The zero-order chi connectivity index (χ0) is 12.1. The molecule has 17 heavy (non-hydrogen) atoms. The molecule has 0 aliphatic heterocycles. The van der Waals surface area contributed by atoms with E-state index >= 15 is 0 Å². The normalized spacial score (nSPS) is 10.2. The summed E-state index contributed by atoms with van der Waals surface area (Å²) >= 11 is 5.10. The Bertz CT molecular complexity index is 493. The molecule has 3 nitrogen and oxygen atoms in total. The van der Waals surface area contributed by atoms with Gasteiger partial charge in [-0.1, -0.05) is 27.7 Å². The molecule has 0 fully saturated rings. The lowest BCUT2D eigenvalue weighted by molar-refractivity contribution is 0.411. The van der Waals surface area contributed by atoms with Gasteiger partial charge in [-0.25, -0.2) is 4.98 Å². The fourth-order valence-electron chi connectivity index (χ4n) is 1.37. The molecule has 5 heteroatoms. The molecule has 0 bridgehead atoms. The highest BCUT2D eigenvalue weighted by atomic mass is 79.9. The Morgan fingerprint density at radius 1 is 1.35 bits per heavy atom. The minimum atomic E-state index is 0.807. The van der Waals surface area contributed by atoms with Gasteiger partial charge in [0.05, 0.1) is 13.3 Å². The standard InChI is InChI=1S/C12H11BrN2OS/c1-16-11-3-2-10(13)6-9(11)8-17-12-7-14-4-5-15-12/h2-7H,8H2,1H3. The summed E-state index contributed by atoms with van der Waals surface area (Å²) in [6.07, 6.45) is 5.12. The van der Waals surface area contributed by atoms with E-state index in [0.717, 1.165) is 26.6 Å². The smallest absolute Gasteiger partial charge is 0.122 e. The second-order valence-corrected chi connectivity index (χ2v) is 5.20. The van der Waals surface area contributed by atoms with Gasteiger partial charge in [-0.15, -0.1) is 0 Å². The molecular formula is C12H11BrN2OS. The average molecular weight is 311 g/mol. The van der Waals surface area contributed by atoms with E-state index in [1.165, 1.54) is 0 Å². The largest absolute Gasteiger partial charge is 0.496 e.